The zero-order chi connectivity index (χ0) is 12.9. The van der Waals surface area contributed by atoms with Crippen molar-refractivity contribution >= 4 is 0 Å². The molecule has 0 bridgehead atoms. The van der Waals surface area contributed by atoms with Crippen LogP contribution in [0.4, 0.5) is 0 Å². The molecule has 0 aliphatic carbocycles. The van der Waals surface area contributed by atoms with E-state index in [2.05, 4.69) is 55.9 Å². The first-order chi connectivity index (χ1) is 7.94. The van der Waals surface area contributed by atoms with Gasteiger partial charge in [0.05, 0.1) is 6.20 Å². The Bertz CT molecular complexity index is 318. The van der Waals surface area contributed by atoms with Crippen molar-refractivity contribution in [1.29, 1.82) is 0 Å². The Kier molecular flexibility index (Phi) is 5.19. The van der Waals surface area contributed by atoms with Crippen molar-refractivity contribution in [3.8, 4) is 0 Å². The molecule has 1 N–H and O–H groups in total. The van der Waals surface area contributed by atoms with E-state index in [-0.39, 0.29) is 5.54 Å². The van der Waals surface area contributed by atoms with Crippen LogP contribution in [0.2, 0.25) is 0 Å². The molecule has 0 aliphatic rings. The second-order valence-corrected chi connectivity index (χ2v) is 5.86. The molecular formula is C14H27N3. The average molecular weight is 237 g/mol. The molecule has 1 aromatic rings. The Labute approximate surface area is 106 Å². The van der Waals surface area contributed by atoms with Gasteiger partial charge in [-0.2, -0.15) is 5.10 Å². The van der Waals surface area contributed by atoms with Gasteiger partial charge in [0.15, 0.2) is 0 Å². The van der Waals surface area contributed by atoms with Crippen molar-refractivity contribution in [3.63, 3.8) is 0 Å². The number of nitrogens with one attached hydrogen (secondary N) is 1. The van der Waals surface area contributed by atoms with Crippen molar-refractivity contribution in [2.24, 2.45) is 5.92 Å². The molecule has 0 unspecified atom stereocenters. The first-order valence-corrected chi connectivity index (χ1v) is 6.71. The SMILES string of the molecule is CCC(CC)Cn1cc(CNC(C)(C)C)cn1. The van der Waals surface area contributed by atoms with Crippen LogP contribution in [0.3, 0.4) is 0 Å². The predicted octanol–water partition coefficient (Wildman–Crippen LogP) is 3.21. The lowest BCUT2D eigenvalue weighted by Crippen LogP contribution is -2.34. The summed E-state index contributed by atoms with van der Waals surface area (Å²) in [5.41, 5.74) is 1.43. The van der Waals surface area contributed by atoms with Crippen molar-refractivity contribution in [2.75, 3.05) is 0 Å². The first kappa shape index (κ1) is 14.2. The highest BCUT2D eigenvalue weighted by Gasteiger charge is 2.10. The van der Waals surface area contributed by atoms with Gasteiger partial charge in [0.25, 0.3) is 0 Å². The Morgan fingerprint density at radius 1 is 1.29 bits per heavy atom. The molecule has 0 radical (unpaired) electrons. The van der Waals surface area contributed by atoms with E-state index < -0.39 is 0 Å². The van der Waals surface area contributed by atoms with Gasteiger partial charge in [-0.15, -0.1) is 0 Å². The van der Waals surface area contributed by atoms with Crippen molar-refractivity contribution in [2.45, 2.75) is 66.1 Å². The molecule has 98 valence electrons. The average Bonchev–Trinajstić information content (AvgIpc) is 2.70. The molecule has 0 spiro atoms. The quantitative estimate of drug-likeness (QED) is 0.823. The summed E-state index contributed by atoms with van der Waals surface area (Å²) in [6.07, 6.45) is 6.59. The largest absolute Gasteiger partial charge is 0.308 e. The van der Waals surface area contributed by atoms with Crippen LogP contribution >= 0.6 is 0 Å². The van der Waals surface area contributed by atoms with Crippen LogP contribution in [-0.4, -0.2) is 15.3 Å². The van der Waals surface area contributed by atoms with Crippen LogP contribution in [0, 0.1) is 5.92 Å². The van der Waals surface area contributed by atoms with E-state index in [9.17, 15) is 0 Å². The maximum Gasteiger partial charge on any atom is 0.0534 e. The zero-order valence-corrected chi connectivity index (χ0v) is 12.0. The fourth-order valence-corrected chi connectivity index (χ4v) is 1.78. The summed E-state index contributed by atoms with van der Waals surface area (Å²) in [6, 6.07) is 0. The summed E-state index contributed by atoms with van der Waals surface area (Å²) in [5, 5.41) is 7.91. The molecule has 0 atom stereocenters. The number of hydrogen-bond acceptors (Lipinski definition) is 2. The van der Waals surface area contributed by atoms with E-state index in [0.717, 1.165) is 19.0 Å². The van der Waals surface area contributed by atoms with Gasteiger partial charge in [0.1, 0.15) is 0 Å². The minimum atomic E-state index is 0.164. The fourth-order valence-electron chi connectivity index (χ4n) is 1.78. The standard InChI is InChI=1S/C14H27N3/c1-6-12(7-2)10-17-11-13(9-16-17)8-15-14(3,4)5/h9,11-12,15H,6-8,10H2,1-5H3. The Morgan fingerprint density at radius 2 is 1.94 bits per heavy atom. The highest BCUT2D eigenvalue weighted by molar-refractivity contribution is 5.04. The molecule has 1 aromatic heterocycles. The van der Waals surface area contributed by atoms with E-state index >= 15 is 0 Å². The number of rotatable bonds is 6. The zero-order valence-electron chi connectivity index (χ0n) is 12.0. The maximum atomic E-state index is 4.43. The third-order valence-corrected chi connectivity index (χ3v) is 3.11. The van der Waals surface area contributed by atoms with Crippen LogP contribution in [0.5, 0.6) is 0 Å². The molecule has 0 fully saturated rings. The minimum absolute atomic E-state index is 0.164. The third-order valence-electron chi connectivity index (χ3n) is 3.11. The van der Waals surface area contributed by atoms with Crippen molar-refractivity contribution in [1.82, 2.24) is 15.1 Å². The number of nitrogens with zero attached hydrogens (tertiary/aromatic N) is 2. The Morgan fingerprint density at radius 3 is 2.47 bits per heavy atom. The van der Waals surface area contributed by atoms with Gasteiger partial charge >= 0.3 is 0 Å². The molecule has 0 aromatic carbocycles. The molecule has 0 saturated carbocycles. The van der Waals surface area contributed by atoms with Crippen LogP contribution in [0.25, 0.3) is 0 Å². The molecular weight excluding hydrogens is 210 g/mol. The summed E-state index contributed by atoms with van der Waals surface area (Å²) >= 11 is 0. The van der Waals surface area contributed by atoms with Crippen molar-refractivity contribution in [3.05, 3.63) is 18.0 Å². The smallest absolute Gasteiger partial charge is 0.0534 e. The lowest BCUT2D eigenvalue weighted by atomic mass is 10.0. The molecule has 1 rings (SSSR count). The third kappa shape index (κ3) is 5.35. The molecule has 3 nitrogen and oxygen atoms in total. The lowest BCUT2D eigenvalue weighted by molar-refractivity contribution is 0.395. The van der Waals surface area contributed by atoms with E-state index in [1.54, 1.807) is 0 Å². The Balaban J connectivity index is 2.48. The van der Waals surface area contributed by atoms with Crippen LogP contribution in [-0.2, 0) is 13.1 Å². The Hall–Kier alpha value is -0.830. The second-order valence-electron chi connectivity index (χ2n) is 5.86. The first-order valence-electron chi connectivity index (χ1n) is 6.71. The normalized spacial score (nSPS) is 12.4. The van der Waals surface area contributed by atoms with Gasteiger partial charge in [0, 0.05) is 30.4 Å². The topological polar surface area (TPSA) is 29.9 Å². The van der Waals surface area contributed by atoms with Crippen LogP contribution in [0.1, 0.15) is 53.0 Å². The minimum Gasteiger partial charge on any atom is -0.308 e. The molecule has 3 heteroatoms. The number of aromatic nitrogens is 2. The van der Waals surface area contributed by atoms with E-state index in [4.69, 9.17) is 0 Å². The molecule has 1 heterocycles. The van der Waals surface area contributed by atoms with Gasteiger partial charge in [-0.25, -0.2) is 0 Å². The van der Waals surface area contributed by atoms with E-state index in [0.29, 0.717) is 0 Å². The summed E-state index contributed by atoms with van der Waals surface area (Å²) in [4.78, 5) is 0. The monoisotopic (exact) mass is 237 g/mol. The summed E-state index contributed by atoms with van der Waals surface area (Å²) in [5.74, 6) is 0.748. The maximum absolute atomic E-state index is 4.43. The second kappa shape index (κ2) is 6.20. The molecule has 0 aliphatic heterocycles. The molecule has 0 amide bonds. The number of hydrogen-bond donors (Lipinski definition) is 1. The van der Waals surface area contributed by atoms with E-state index in [1.165, 1.54) is 18.4 Å². The summed E-state index contributed by atoms with van der Waals surface area (Å²) in [7, 11) is 0. The van der Waals surface area contributed by atoms with Gasteiger partial charge in [-0.3, -0.25) is 4.68 Å². The van der Waals surface area contributed by atoms with Gasteiger partial charge < -0.3 is 5.32 Å². The van der Waals surface area contributed by atoms with Gasteiger partial charge in [-0.05, 0) is 26.7 Å². The summed E-state index contributed by atoms with van der Waals surface area (Å²) < 4.78 is 2.08. The highest BCUT2D eigenvalue weighted by atomic mass is 15.3. The summed E-state index contributed by atoms with van der Waals surface area (Å²) in [6.45, 7) is 13.0. The van der Waals surface area contributed by atoms with Crippen molar-refractivity contribution < 1.29 is 0 Å². The molecule has 0 saturated heterocycles. The van der Waals surface area contributed by atoms with Gasteiger partial charge in [0.2, 0.25) is 0 Å². The lowest BCUT2D eigenvalue weighted by Gasteiger charge is -2.19. The molecule has 17 heavy (non-hydrogen) atoms. The van der Waals surface area contributed by atoms with Crippen LogP contribution < -0.4 is 5.32 Å². The fraction of sp³-hybridized carbons (Fsp3) is 0.786. The van der Waals surface area contributed by atoms with Gasteiger partial charge in [-0.1, -0.05) is 26.7 Å². The van der Waals surface area contributed by atoms with Crippen LogP contribution in [0.15, 0.2) is 12.4 Å². The van der Waals surface area contributed by atoms with E-state index in [1.807, 2.05) is 6.20 Å². The highest BCUT2D eigenvalue weighted by Crippen LogP contribution is 2.11. The predicted molar refractivity (Wildman–Crippen MR) is 72.9 cm³/mol.